The molecular formula is C15H22N6O. The first-order valence-corrected chi connectivity index (χ1v) is 8.13. The molecule has 3 heterocycles. The predicted octanol–water partition coefficient (Wildman–Crippen LogP) is 1.82. The molecule has 0 amide bonds. The van der Waals surface area contributed by atoms with E-state index in [1.165, 1.54) is 25.7 Å². The number of likely N-dealkylation sites (tertiary alicyclic amines) is 1. The minimum Gasteiger partial charge on any atom is -0.338 e. The summed E-state index contributed by atoms with van der Waals surface area (Å²) in [6.07, 6.45) is 4.80. The minimum atomic E-state index is 0.469. The highest BCUT2D eigenvalue weighted by molar-refractivity contribution is 5.03. The van der Waals surface area contributed by atoms with E-state index in [0.29, 0.717) is 12.0 Å². The van der Waals surface area contributed by atoms with E-state index in [-0.39, 0.29) is 0 Å². The van der Waals surface area contributed by atoms with Crippen LogP contribution in [0.4, 0.5) is 0 Å². The zero-order valence-electron chi connectivity index (χ0n) is 13.2. The van der Waals surface area contributed by atoms with Crippen molar-refractivity contribution in [2.75, 3.05) is 6.54 Å². The van der Waals surface area contributed by atoms with Gasteiger partial charge in [0.15, 0.2) is 5.82 Å². The van der Waals surface area contributed by atoms with Gasteiger partial charge in [-0.3, -0.25) is 4.90 Å². The molecule has 7 heteroatoms. The number of nitrogens with zero attached hydrogens (tertiary/aromatic N) is 6. The molecule has 0 N–H and O–H groups in total. The van der Waals surface area contributed by atoms with Crippen LogP contribution in [-0.2, 0) is 13.1 Å². The van der Waals surface area contributed by atoms with Gasteiger partial charge in [-0.2, -0.15) is 10.1 Å². The summed E-state index contributed by atoms with van der Waals surface area (Å²) in [6.45, 7) is 6.67. The molecule has 1 aliphatic carbocycles. The summed E-state index contributed by atoms with van der Waals surface area (Å²) in [5.41, 5.74) is 0. The molecule has 118 valence electrons. The average Bonchev–Trinajstić information content (AvgIpc) is 2.93. The molecule has 0 spiro atoms. The number of rotatable bonds is 5. The molecule has 2 aliphatic rings. The molecule has 7 nitrogen and oxygen atoms in total. The molecule has 22 heavy (non-hydrogen) atoms. The van der Waals surface area contributed by atoms with Crippen LogP contribution in [0.25, 0.3) is 0 Å². The van der Waals surface area contributed by atoms with Gasteiger partial charge in [-0.1, -0.05) is 5.16 Å². The van der Waals surface area contributed by atoms with Gasteiger partial charge in [0.1, 0.15) is 11.6 Å². The second kappa shape index (κ2) is 5.46. The fourth-order valence-corrected chi connectivity index (χ4v) is 3.26. The van der Waals surface area contributed by atoms with Crippen LogP contribution in [0.1, 0.15) is 55.0 Å². The van der Waals surface area contributed by atoms with Gasteiger partial charge in [-0.05, 0) is 46.1 Å². The number of aryl methyl sites for hydroxylation is 2. The maximum absolute atomic E-state index is 5.42. The third-order valence-electron chi connectivity index (χ3n) is 4.61. The van der Waals surface area contributed by atoms with E-state index in [9.17, 15) is 0 Å². The Kier molecular flexibility index (Phi) is 3.44. The lowest BCUT2D eigenvalue weighted by molar-refractivity contribution is 0.191. The lowest BCUT2D eigenvalue weighted by atomic mass is 10.2. The summed E-state index contributed by atoms with van der Waals surface area (Å²) >= 11 is 0. The quantitative estimate of drug-likeness (QED) is 0.839. The topological polar surface area (TPSA) is 72.9 Å². The molecule has 2 aromatic heterocycles. The van der Waals surface area contributed by atoms with Crippen molar-refractivity contribution in [1.29, 1.82) is 0 Å². The second-order valence-electron chi connectivity index (χ2n) is 6.48. The molecule has 0 unspecified atom stereocenters. The van der Waals surface area contributed by atoms with E-state index < -0.39 is 0 Å². The van der Waals surface area contributed by atoms with E-state index in [1.807, 2.05) is 18.5 Å². The van der Waals surface area contributed by atoms with E-state index in [1.54, 1.807) is 0 Å². The summed E-state index contributed by atoms with van der Waals surface area (Å²) in [7, 11) is 0. The molecule has 1 aliphatic heterocycles. The third-order valence-corrected chi connectivity index (χ3v) is 4.61. The Labute approximate surface area is 129 Å². The smallest absolute Gasteiger partial charge is 0.240 e. The van der Waals surface area contributed by atoms with Crippen molar-refractivity contribution in [3.05, 3.63) is 23.4 Å². The lowest BCUT2D eigenvalue weighted by Crippen LogP contribution is -2.33. The molecule has 1 saturated heterocycles. The summed E-state index contributed by atoms with van der Waals surface area (Å²) in [6, 6.07) is 0.469. The highest BCUT2D eigenvalue weighted by atomic mass is 16.5. The maximum atomic E-state index is 5.42. The van der Waals surface area contributed by atoms with Crippen LogP contribution in [0.3, 0.4) is 0 Å². The SMILES string of the molecule is Cc1nc(C)n(C[C@H]2CCCN2Cc2nc(C3CC3)no2)n1. The largest absolute Gasteiger partial charge is 0.338 e. The van der Waals surface area contributed by atoms with Gasteiger partial charge in [0.2, 0.25) is 5.89 Å². The third kappa shape index (κ3) is 2.77. The number of aromatic nitrogens is 5. The van der Waals surface area contributed by atoms with Gasteiger partial charge in [0.05, 0.1) is 13.1 Å². The van der Waals surface area contributed by atoms with E-state index >= 15 is 0 Å². The van der Waals surface area contributed by atoms with Crippen molar-refractivity contribution in [1.82, 2.24) is 29.8 Å². The van der Waals surface area contributed by atoms with Crippen LogP contribution >= 0.6 is 0 Å². The Morgan fingerprint density at radius 2 is 2.05 bits per heavy atom. The van der Waals surface area contributed by atoms with Gasteiger partial charge in [0.25, 0.3) is 0 Å². The van der Waals surface area contributed by atoms with Crippen LogP contribution in [0.2, 0.25) is 0 Å². The molecule has 0 aromatic carbocycles. The van der Waals surface area contributed by atoms with Gasteiger partial charge < -0.3 is 4.52 Å². The lowest BCUT2D eigenvalue weighted by Gasteiger charge is -2.22. The van der Waals surface area contributed by atoms with Crippen molar-refractivity contribution in [3.8, 4) is 0 Å². The normalized spacial score (nSPS) is 22.5. The standard InChI is InChI=1S/C15H22N6O/c1-10-16-11(2)21(18-10)8-13-4-3-7-20(13)9-14-17-15(19-22-14)12-5-6-12/h12-13H,3-9H2,1-2H3/t13-/m1/s1. The Balaban J connectivity index is 1.42. The molecule has 4 rings (SSSR count). The summed E-state index contributed by atoms with van der Waals surface area (Å²) in [5, 5.41) is 8.58. The monoisotopic (exact) mass is 302 g/mol. The van der Waals surface area contributed by atoms with Crippen LogP contribution < -0.4 is 0 Å². The first-order chi connectivity index (χ1) is 10.7. The van der Waals surface area contributed by atoms with Crippen molar-refractivity contribution >= 4 is 0 Å². The molecule has 0 bridgehead atoms. The van der Waals surface area contributed by atoms with Crippen molar-refractivity contribution in [3.63, 3.8) is 0 Å². The Morgan fingerprint density at radius 3 is 2.77 bits per heavy atom. The maximum Gasteiger partial charge on any atom is 0.240 e. The van der Waals surface area contributed by atoms with Crippen molar-refractivity contribution in [2.24, 2.45) is 0 Å². The van der Waals surface area contributed by atoms with E-state index in [0.717, 1.165) is 43.0 Å². The second-order valence-corrected chi connectivity index (χ2v) is 6.48. The summed E-state index contributed by atoms with van der Waals surface area (Å²) in [5.74, 6) is 4.02. The van der Waals surface area contributed by atoms with Crippen molar-refractivity contribution < 1.29 is 4.52 Å². The van der Waals surface area contributed by atoms with Gasteiger partial charge in [0, 0.05) is 12.0 Å². The Morgan fingerprint density at radius 1 is 1.18 bits per heavy atom. The molecular weight excluding hydrogens is 280 g/mol. The summed E-state index contributed by atoms with van der Waals surface area (Å²) in [4.78, 5) is 11.4. The van der Waals surface area contributed by atoms with E-state index in [2.05, 4.69) is 25.1 Å². The molecule has 1 saturated carbocycles. The van der Waals surface area contributed by atoms with Crippen LogP contribution in [-0.4, -0.2) is 42.4 Å². The number of hydrogen-bond donors (Lipinski definition) is 0. The van der Waals surface area contributed by atoms with Gasteiger partial charge in [-0.15, -0.1) is 0 Å². The van der Waals surface area contributed by atoms with Crippen LogP contribution in [0.15, 0.2) is 4.52 Å². The van der Waals surface area contributed by atoms with Gasteiger partial charge >= 0.3 is 0 Å². The first-order valence-electron chi connectivity index (χ1n) is 8.13. The molecule has 0 radical (unpaired) electrons. The zero-order chi connectivity index (χ0) is 15.1. The minimum absolute atomic E-state index is 0.469. The van der Waals surface area contributed by atoms with Crippen LogP contribution in [0.5, 0.6) is 0 Å². The molecule has 1 atom stereocenters. The highest BCUT2D eigenvalue weighted by Crippen LogP contribution is 2.38. The average molecular weight is 302 g/mol. The molecule has 2 aromatic rings. The molecule has 2 fully saturated rings. The van der Waals surface area contributed by atoms with Crippen molar-refractivity contribution in [2.45, 2.75) is 64.6 Å². The van der Waals surface area contributed by atoms with E-state index in [4.69, 9.17) is 4.52 Å². The van der Waals surface area contributed by atoms with Gasteiger partial charge in [-0.25, -0.2) is 9.67 Å². The zero-order valence-corrected chi connectivity index (χ0v) is 13.2. The Bertz CT molecular complexity index is 659. The summed E-state index contributed by atoms with van der Waals surface area (Å²) < 4.78 is 7.43. The predicted molar refractivity (Wildman–Crippen MR) is 79.2 cm³/mol. The fraction of sp³-hybridized carbons (Fsp3) is 0.733. The first kappa shape index (κ1) is 13.9. The highest BCUT2D eigenvalue weighted by Gasteiger charge is 2.31. The Hall–Kier alpha value is -1.76. The fourth-order valence-electron chi connectivity index (χ4n) is 3.26. The van der Waals surface area contributed by atoms with Crippen LogP contribution in [0, 0.1) is 13.8 Å². The number of hydrogen-bond acceptors (Lipinski definition) is 6.